The molecule has 0 saturated heterocycles. The fraction of sp³-hybridized carbons (Fsp3) is 0.391. The van der Waals surface area contributed by atoms with Gasteiger partial charge in [0.2, 0.25) is 0 Å². The summed E-state index contributed by atoms with van der Waals surface area (Å²) in [5, 5.41) is 20.1. The van der Waals surface area contributed by atoms with Crippen molar-refractivity contribution >= 4 is 22.7 Å². The lowest BCUT2D eigenvalue weighted by molar-refractivity contribution is 0.303. The predicted molar refractivity (Wildman–Crippen MR) is 125 cm³/mol. The highest BCUT2D eigenvalue weighted by molar-refractivity contribution is 7.07. The van der Waals surface area contributed by atoms with E-state index in [1.165, 1.54) is 5.56 Å². The van der Waals surface area contributed by atoms with E-state index in [0.29, 0.717) is 17.9 Å². The van der Waals surface area contributed by atoms with E-state index < -0.39 is 10.9 Å². The molecule has 7 heteroatoms. The molecule has 1 atom stereocenters. The number of hydrogen-bond donors (Lipinski definition) is 3. The first-order chi connectivity index (χ1) is 14.2. The Morgan fingerprint density at radius 1 is 1.03 bits per heavy atom. The Morgan fingerprint density at radius 3 is 2.30 bits per heavy atom. The van der Waals surface area contributed by atoms with Crippen LogP contribution in [0.4, 0.5) is 11.4 Å². The van der Waals surface area contributed by atoms with Crippen LogP contribution >= 0.6 is 11.3 Å². The molecule has 0 fully saturated rings. The minimum atomic E-state index is -0.467. The second-order valence-corrected chi connectivity index (χ2v) is 9.37. The Hall–Kier alpha value is -2.64. The quantitative estimate of drug-likeness (QED) is 0.432. The molecule has 1 aromatic heterocycles. The van der Waals surface area contributed by atoms with Crippen LogP contribution in [0.5, 0.6) is 5.75 Å². The van der Waals surface area contributed by atoms with E-state index in [-0.39, 0.29) is 17.3 Å². The van der Waals surface area contributed by atoms with E-state index in [1.807, 2.05) is 45.5 Å². The second-order valence-electron chi connectivity index (χ2n) is 8.59. The lowest BCUT2D eigenvalue weighted by Crippen LogP contribution is -2.45. The summed E-state index contributed by atoms with van der Waals surface area (Å²) < 4.78 is 0. The van der Waals surface area contributed by atoms with Gasteiger partial charge in [-0.3, -0.25) is 9.59 Å². The van der Waals surface area contributed by atoms with Gasteiger partial charge >= 0.3 is 0 Å². The monoisotopic (exact) mass is 427 g/mol. The van der Waals surface area contributed by atoms with Gasteiger partial charge in [0.25, 0.3) is 10.9 Å². The summed E-state index contributed by atoms with van der Waals surface area (Å²) in [5.74, 6) is 0.239. The third-order valence-electron chi connectivity index (χ3n) is 5.25. The molecule has 2 aromatic carbocycles. The third-order valence-corrected chi connectivity index (χ3v) is 5.98. The van der Waals surface area contributed by atoms with Crippen molar-refractivity contribution < 1.29 is 5.11 Å². The maximum Gasteiger partial charge on any atom is 0.253 e. The van der Waals surface area contributed by atoms with Gasteiger partial charge < -0.3 is 20.6 Å². The second kappa shape index (κ2) is 9.02. The van der Waals surface area contributed by atoms with Crippen LogP contribution in [0.1, 0.15) is 25.0 Å². The normalized spacial score (nSPS) is 13.0. The van der Waals surface area contributed by atoms with Gasteiger partial charge in [-0.25, -0.2) is 0 Å². The Kier molecular flexibility index (Phi) is 6.63. The van der Waals surface area contributed by atoms with E-state index >= 15 is 0 Å². The molecule has 160 valence electrons. The van der Waals surface area contributed by atoms with Crippen LogP contribution in [-0.2, 0) is 12.8 Å². The van der Waals surface area contributed by atoms with E-state index in [0.717, 1.165) is 18.4 Å². The molecule has 3 rings (SSSR count). The van der Waals surface area contributed by atoms with Gasteiger partial charge in [-0.2, -0.15) is 11.3 Å². The molecule has 1 unspecified atom stereocenters. The SMILES string of the molecule is CN(C)C(CNc1c(NC(C)(C)Cc2ccsc2)c(=O)c1=O)Cc1ccc(O)cc1. The number of rotatable bonds is 10. The predicted octanol–water partition coefficient (Wildman–Crippen LogP) is 3.07. The fourth-order valence-electron chi connectivity index (χ4n) is 3.53. The van der Waals surface area contributed by atoms with Gasteiger partial charge in [-0.05, 0) is 80.9 Å². The van der Waals surface area contributed by atoms with Crippen LogP contribution in [0.3, 0.4) is 0 Å². The maximum absolute atomic E-state index is 12.2. The van der Waals surface area contributed by atoms with Crippen molar-refractivity contribution in [1.82, 2.24) is 4.90 Å². The van der Waals surface area contributed by atoms with Crippen molar-refractivity contribution in [3.05, 3.63) is 72.7 Å². The third kappa shape index (κ3) is 5.29. The number of hydrogen-bond acceptors (Lipinski definition) is 7. The molecule has 0 radical (unpaired) electrons. The van der Waals surface area contributed by atoms with Crippen molar-refractivity contribution in [1.29, 1.82) is 0 Å². The van der Waals surface area contributed by atoms with E-state index in [4.69, 9.17) is 0 Å². The van der Waals surface area contributed by atoms with Gasteiger partial charge in [0.05, 0.1) is 0 Å². The van der Waals surface area contributed by atoms with Crippen molar-refractivity contribution in [3.63, 3.8) is 0 Å². The summed E-state index contributed by atoms with van der Waals surface area (Å²) in [6.45, 7) is 4.58. The lowest BCUT2D eigenvalue weighted by atomic mass is 9.95. The summed E-state index contributed by atoms with van der Waals surface area (Å²) in [5.41, 5.74) is 1.76. The Morgan fingerprint density at radius 2 is 1.70 bits per heavy atom. The highest BCUT2D eigenvalue weighted by atomic mass is 32.1. The maximum atomic E-state index is 12.2. The average molecular weight is 428 g/mol. The zero-order valence-corrected chi connectivity index (χ0v) is 18.7. The molecule has 0 amide bonds. The fourth-order valence-corrected chi connectivity index (χ4v) is 4.20. The molecular formula is C23H29N3O3S. The number of nitrogens with one attached hydrogen (secondary N) is 2. The molecule has 0 bridgehead atoms. The molecule has 3 N–H and O–H groups in total. The average Bonchev–Trinajstić information content (AvgIpc) is 3.19. The summed E-state index contributed by atoms with van der Waals surface area (Å²) in [6.07, 6.45) is 1.51. The molecule has 0 saturated carbocycles. The van der Waals surface area contributed by atoms with E-state index in [9.17, 15) is 14.7 Å². The lowest BCUT2D eigenvalue weighted by Gasteiger charge is -2.30. The minimum Gasteiger partial charge on any atom is -0.508 e. The molecule has 0 spiro atoms. The summed E-state index contributed by atoms with van der Waals surface area (Å²) in [6, 6.07) is 9.31. The summed E-state index contributed by atoms with van der Waals surface area (Å²) in [7, 11) is 3.97. The van der Waals surface area contributed by atoms with Crippen LogP contribution in [0.25, 0.3) is 0 Å². The first-order valence-electron chi connectivity index (χ1n) is 9.97. The molecular weight excluding hydrogens is 398 g/mol. The van der Waals surface area contributed by atoms with Crippen molar-refractivity contribution in [2.24, 2.45) is 0 Å². The van der Waals surface area contributed by atoms with Crippen molar-refractivity contribution in [3.8, 4) is 5.75 Å². The van der Waals surface area contributed by atoms with Gasteiger partial charge in [-0.1, -0.05) is 12.1 Å². The number of aromatic hydroxyl groups is 1. The van der Waals surface area contributed by atoms with E-state index in [2.05, 4.69) is 27.0 Å². The summed E-state index contributed by atoms with van der Waals surface area (Å²) in [4.78, 5) is 26.5. The topological polar surface area (TPSA) is 81.7 Å². The highest BCUT2D eigenvalue weighted by Crippen LogP contribution is 2.24. The Balaban J connectivity index is 1.67. The largest absolute Gasteiger partial charge is 0.508 e. The van der Waals surface area contributed by atoms with Crippen LogP contribution in [0.15, 0.2) is 50.7 Å². The molecule has 0 aliphatic heterocycles. The van der Waals surface area contributed by atoms with Crippen LogP contribution in [0, 0.1) is 0 Å². The number of likely N-dealkylation sites (N-methyl/N-ethyl adjacent to an activating group) is 1. The smallest absolute Gasteiger partial charge is 0.253 e. The molecule has 6 nitrogen and oxygen atoms in total. The first kappa shape index (κ1) is 22.1. The Labute approximate surface area is 180 Å². The van der Waals surface area contributed by atoms with Gasteiger partial charge in [0, 0.05) is 18.1 Å². The van der Waals surface area contributed by atoms with Crippen LogP contribution in [-0.4, -0.2) is 42.2 Å². The van der Waals surface area contributed by atoms with Crippen molar-refractivity contribution in [2.45, 2.75) is 38.3 Å². The van der Waals surface area contributed by atoms with Crippen LogP contribution in [0.2, 0.25) is 0 Å². The zero-order chi connectivity index (χ0) is 21.9. The minimum absolute atomic E-state index is 0.116. The van der Waals surface area contributed by atoms with E-state index in [1.54, 1.807) is 23.5 Å². The van der Waals surface area contributed by atoms with Crippen molar-refractivity contribution in [2.75, 3.05) is 31.3 Å². The number of thiophene rings is 1. The van der Waals surface area contributed by atoms with Gasteiger partial charge in [-0.15, -0.1) is 0 Å². The zero-order valence-electron chi connectivity index (χ0n) is 17.9. The standard InChI is InChI=1S/C23H29N3O3S/c1-23(2,12-16-9-10-30-14-16)25-20-19(21(28)22(20)29)24-13-17(26(3)4)11-15-5-7-18(27)8-6-15/h5-10,14,17,24-25,27H,11-13H2,1-4H3. The highest BCUT2D eigenvalue weighted by Gasteiger charge is 2.28. The Bertz CT molecular complexity index is 1030. The molecule has 1 heterocycles. The van der Waals surface area contributed by atoms with Gasteiger partial charge in [0.1, 0.15) is 17.1 Å². The number of phenols is 1. The molecule has 0 aliphatic carbocycles. The summed E-state index contributed by atoms with van der Waals surface area (Å²) >= 11 is 1.64. The molecule has 0 aliphatic rings. The number of nitrogens with zero attached hydrogens (tertiary/aromatic N) is 1. The molecule has 30 heavy (non-hydrogen) atoms. The number of benzene rings is 1. The van der Waals surface area contributed by atoms with Gasteiger partial charge in [0.15, 0.2) is 0 Å². The van der Waals surface area contributed by atoms with Crippen LogP contribution < -0.4 is 21.5 Å². The molecule has 3 aromatic rings. The first-order valence-corrected chi connectivity index (χ1v) is 10.9. The number of phenolic OH excluding ortho intramolecular Hbond substituents is 1. The number of anilines is 2.